The first kappa shape index (κ1) is 14.1. The molecule has 1 aliphatic carbocycles. The molecule has 0 fully saturated rings. The van der Waals surface area contributed by atoms with Gasteiger partial charge in [0.2, 0.25) is 0 Å². The smallest absolute Gasteiger partial charge is 0.110 e. The van der Waals surface area contributed by atoms with Crippen LogP contribution in [-0.4, -0.2) is 16.1 Å². The van der Waals surface area contributed by atoms with Crippen molar-refractivity contribution in [1.82, 2.24) is 14.9 Å². The highest BCUT2D eigenvalue weighted by molar-refractivity contribution is 5.35. The summed E-state index contributed by atoms with van der Waals surface area (Å²) in [5, 5.41) is 3.55. The highest BCUT2D eigenvalue weighted by Crippen LogP contribution is 2.20. The number of rotatable bonds is 6. The topological polar surface area (TPSA) is 29.9 Å². The van der Waals surface area contributed by atoms with Crippen molar-refractivity contribution in [3.63, 3.8) is 0 Å². The maximum atomic E-state index is 4.46. The van der Waals surface area contributed by atoms with Crippen LogP contribution < -0.4 is 5.32 Å². The monoisotopic (exact) mass is 281 g/mol. The zero-order valence-corrected chi connectivity index (χ0v) is 12.7. The SMILES string of the molecule is Cc1ncc(CNCCC2=CCCC2)n1-c1ccccc1. The first-order valence-corrected chi connectivity index (χ1v) is 7.82. The molecule has 110 valence electrons. The van der Waals surface area contributed by atoms with Crippen LogP contribution in [0, 0.1) is 6.92 Å². The fourth-order valence-corrected chi connectivity index (χ4v) is 2.98. The summed E-state index contributed by atoms with van der Waals surface area (Å²) in [4.78, 5) is 4.46. The fourth-order valence-electron chi connectivity index (χ4n) is 2.98. The summed E-state index contributed by atoms with van der Waals surface area (Å²) >= 11 is 0. The van der Waals surface area contributed by atoms with Gasteiger partial charge in [0.25, 0.3) is 0 Å². The largest absolute Gasteiger partial charge is 0.311 e. The van der Waals surface area contributed by atoms with Crippen molar-refractivity contribution < 1.29 is 0 Å². The molecular formula is C18H23N3. The van der Waals surface area contributed by atoms with E-state index in [2.05, 4.69) is 52.1 Å². The molecule has 3 heteroatoms. The summed E-state index contributed by atoms with van der Waals surface area (Å²) in [5.74, 6) is 1.04. The first-order chi connectivity index (χ1) is 10.3. The second-order valence-corrected chi connectivity index (χ2v) is 5.65. The Bertz CT molecular complexity index is 611. The molecule has 2 aromatic rings. The van der Waals surface area contributed by atoms with E-state index in [1.54, 1.807) is 5.57 Å². The molecule has 3 nitrogen and oxygen atoms in total. The van der Waals surface area contributed by atoms with Crippen molar-refractivity contribution in [2.45, 2.75) is 39.2 Å². The van der Waals surface area contributed by atoms with Gasteiger partial charge in [-0.3, -0.25) is 4.57 Å². The van der Waals surface area contributed by atoms with E-state index in [9.17, 15) is 0 Å². The molecule has 0 amide bonds. The van der Waals surface area contributed by atoms with E-state index >= 15 is 0 Å². The third-order valence-electron chi connectivity index (χ3n) is 4.09. The number of aromatic nitrogens is 2. The zero-order chi connectivity index (χ0) is 14.5. The molecule has 0 unspecified atom stereocenters. The van der Waals surface area contributed by atoms with Gasteiger partial charge in [0.15, 0.2) is 0 Å². The first-order valence-electron chi connectivity index (χ1n) is 7.82. The van der Waals surface area contributed by atoms with E-state index in [1.807, 2.05) is 12.3 Å². The summed E-state index contributed by atoms with van der Waals surface area (Å²) in [6.07, 6.45) is 9.47. The van der Waals surface area contributed by atoms with Crippen molar-refractivity contribution in [2.75, 3.05) is 6.54 Å². The number of nitrogens with one attached hydrogen (secondary N) is 1. The number of aryl methyl sites for hydroxylation is 1. The molecule has 0 bridgehead atoms. The Labute approximate surface area is 126 Å². The molecule has 1 aromatic heterocycles. The molecule has 0 saturated carbocycles. The molecule has 1 aromatic carbocycles. The molecule has 21 heavy (non-hydrogen) atoms. The lowest BCUT2D eigenvalue weighted by atomic mass is 10.2. The summed E-state index contributed by atoms with van der Waals surface area (Å²) in [6, 6.07) is 10.4. The predicted molar refractivity (Wildman–Crippen MR) is 86.6 cm³/mol. The Morgan fingerprint density at radius 2 is 2.10 bits per heavy atom. The van der Waals surface area contributed by atoms with Crippen LogP contribution in [0.4, 0.5) is 0 Å². The summed E-state index contributed by atoms with van der Waals surface area (Å²) in [5.41, 5.74) is 4.03. The van der Waals surface area contributed by atoms with Gasteiger partial charge in [-0.15, -0.1) is 0 Å². The van der Waals surface area contributed by atoms with Gasteiger partial charge in [0.1, 0.15) is 5.82 Å². The molecule has 0 spiro atoms. The minimum absolute atomic E-state index is 0.864. The highest BCUT2D eigenvalue weighted by Gasteiger charge is 2.08. The maximum Gasteiger partial charge on any atom is 0.110 e. The van der Waals surface area contributed by atoms with Crippen LogP contribution in [0.1, 0.15) is 37.2 Å². The molecule has 1 N–H and O–H groups in total. The van der Waals surface area contributed by atoms with Crippen molar-refractivity contribution >= 4 is 0 Å². The van der Waals surface area contributed by atoms with Gasteiger partial charge in [-0.25, -0.2) is 4.98 Å². The van der Waals surface area contributed by atoms with Crippen LogP contribution in [0.15, 0.2) is 48.2 Å². The van der Waals surface area contributed by atoms with Crippen molar-refractivity contribution in [3.05, 3.63) is 59.7 Å². The van der Waals surface area contributed by atoms with Crippen molar-refractivity contribution in [1.29, 1.82) is 0 Å². The molecule has 1 aliphatic rings. The van der Waals surface area contributed by atoms with E-state index in [1.165, 1.54) is 37.1 Å². The number of nitrogens with zero attached hydrogens (tertiary/aromatic N) is 2. The number of imidazole rings is 1. The summed E-state index contributed by atoms with van der Waals surface area (Å²) in [7, 11) is 0. The normalized spacial score (nSPS) is 14.4. The Morgan fingerprint density at radius 1 is 1.24 bits per heavy atom. The number of hydrogen-bond donors (Lipinski definition) is 1. The lowest BCUT2D eigenvalue weighted by molar-refractivity contribution is 0.655. The highest BCUT2D eigenvalue weighted by atomic mass is 15.1. The summed E-state index contributed by atoms with van der Waals surface area (Å²) < 4.78 is 2.22. The second kappa shape index (κ2) is 6.72. The Kier molecular flexibility index (Phi) is 4.51. The minimum atomic E-state index is 0.864. The lowest BCUT2D eigenvalue weighted by Crippen LogP contribution is -2.17. The fraction of sp³-hybridized carbons (Fsp3) is 0.389. The number of benzene rings is 1. The molecule has 0 radical (unpaired) electrons. The van der Waals surface area contributed by atoms with Crippen molar-refractivity contribution in [2.24, 2.45) is 0 Å². The molecule has 0 atom stereocenters. The van der Waals surface area contributed by atoms with Gasteiger partial charge in [-0.05, 0) is 51.3 Å². The van der Waals surface area contributed by atoms with Gasteiger partial charge in [-0.2, -0.15) is 0 Å². The van der Waals surface area contributed by atoms with Crippen LogP contribution in [0.3, 0.4) is 0 Å². The molecule has 1 heterocycles. The van der Waals surface area contributed by atoms with Gasteiger partial charge < -0.3 is 5.32 Å². The van der Waals surface area contributed by atoms with Gasteiger partial charge >= 0.3 is 0 Å². The predicted octanol–water partition coefficient (Wildman–Crippen LogP) is 3.77. The van der Waals surface area contributed by atoms with Crippen LogP contribution in [0.5, 0.6) is 0 Å². The van der Waals surface area contributed by atoms with Crippen LogP contribution in [0.2, 0.25) is 0 Å². The van der Waals surface area contributed by atoms with Crippen LogP contribution in [-0.2, 0) is 6.54 Å². The van der Waals surface area contributed by atoms with Gasteiger partial charge in [0, 0.05) is 12.2 Å². The third-order valence-corrected chi connectivity index (χ3v) is 4.09. The number of para-hydroxylation sites is 1. The lowest BCUT2D eigenvalue weighted by Gasteiger charge is -2.11. The van der Waals surface area contributed by atoms with E-state index in [0.717, 1.165) is 18.9 Å². The van der Waals surface area contributed by atoms with E-state index in [-0.39, 0.29) is 0 Å². The quantitative estimate of drug-likeness (QED) is 0.645. The van der Waals surface area contributed by atoms with Crippen LogP contribution >= 0.6 is 0 Å². The second-order valence-electron chi connectivity index (χ2n) is 5.65. The summed E-state index contributed by atoms with van der Waals surface area (Å²) in [6.45, 7) is 3.97. The van der Waals surface area contributed by atoms with E-state index in [0.29, 0.717) is 0 Å². The Hall–Kier alpha value is -1.87. The van der Waals surface area contributed by atoms with Crippen LogP contribution in [0.25, 0.3) is 5.69 Å². The minimum Gasteiger partial charge on any atom is -0.311 e. The maximum absolute atomic E-state index is 4.46. The average Bonchev–Trinajstić information content (AvgIpc) is 3.14. The van der Waals surface area contributed by atoms with Crippen molar-refractivity contribution in [3.8, 4) is 5.69 Å². The van der Waals surface area contributed by atoms with E-state index < -0.39 is 0 Å². The van der Waals surface area contributed by atoms with E-state index in [4.69, 9.17) is 0 Å². The standard InChI is InChI=1S/C18H23N3/c1-15-20-14-18(21(15)17-9-3-2-4-10-17)13-19-12-11-16-7-5-6-8-16/h2-4,7,9-10,14,19H,5-6,8,11-13H2,1H3. The molecular weight excluding hydrogens is 258 g/mol. The molecule has 0 aliphatic heterocycles. The molecule has 3 rings (SSSR count). The Morgan fingerprint density at radius 3 is 2.86 bits per heavy atom. The zero-order valence-electron chi connectivity index (χ0n) is 12.7. The molecule has 0 saturated heterocycles. The number of hydrogen-bond acceptors (Lipinski definition) is 2. The van der Waals surface area contributed by atoms with Gasteiger partial charge in [-0.1, -0.05) is 29.8 Å². The van der Waals surface area contributed by atoms with Gasteiger partial charge in [0.05, 0.1) is 11.9 Å². The average molecular weight is 281 g/mol. The Balaban J connectivity index is 1.61. The number of allylic oxidation sites excluding steroid dienone is 1. The third kappa shape index (κ3) is 3.42.